The molecule has 0 bridgehead atoms. The molecule has 1 N–H and O–H groups in total. The van der Waals surface area contributed by atoms with Gasteiger partial charge in [-0.15, -0.1) is 11.3 Å². The molecule has 0 amide bonds. The maximum absolute atomic E-state index is 11.2. The number of aromatic nitrogens is 1. The van der Waals surface area contributed by atoms with Crippen molar-refractivity contribution in [2.45, 2.75) is 52.4 Å². The summed E-state index contributed by atoms with van der Waals surface area (Å²) in [6.45, 7) is 12.1. The third-order valence-corrected chi connectivity index (χ3v) is 3.64. The molecule has 0 spiro atoms. The zero-order valence-electron chi connectivity index (χ0n) is 10.7. The van der Waals surface area contributed by atoms with E-state index in [9.17, 15) is 9.90 Å². The SMILES string of the molecule is CC(C)(C)c1nc(C(C)(C)C)c(C(=O)O)s1. The van der Waals surface area contributed by atoms with E-state index >= 15 is 0 Å². The Balaban J connectivity index is 3.38. The summed E-state index contributed by atoms with van der Waals surface area (Å²) in [7, 11) is 0. The van der Waals surface area contributed by atoms with E-state index in [0.717, 1.165) is 5.01 Å². The molecule has 1 aromatic heterocycles. The number of aromatic carboxylic acids is 1. The largest absolute Gasteiger partial charge is 0.477 e. The van der Waals surface area contributed by atoms with Crippen LogP contribution in [0.4, 0.5) is 0 Å². The minimum Gasteiger partial charge on any atom is -0.477 e. The lowest BCUT2D eigenvalue weighted by Crippen LogP contribution is -2.17. The van der Waals surface area contributed by atoms with Crippen molar-refractivity contribution in [2.24, 2.45) is 0 Å². The molecule has 16 heavy (non-hydrogen) atoms. The fourth-order valence-corrected chi connectivity index (χ4v) is 2.47. The summed E-state index contributed by atoms with van der Waals surface area (Å²) in [4.78, 5) is 16.1. The van der Waals surface area contributed by atoms with Crippen LogP contribution >= 0.6 is 11.3 Å². The second-order valence-electron chi connectivity index (χ2n) is 6.00. The first-order valence-corrected chi connectivity index (χ1v) is 6.10. The van der Waals surface area contributed by atoms with Crippen LogP contribution in [-0.2, 0) is 10.8 Å². The Bertz CT molecular complexity index is 408. The Morgan fingerprint density at radius 1 is 1.12 bits per heavy atom. The second-order valence-corrected chi connectivity index (χ2v) is 7.00. The summed E-state index contributed by atoms with van der Waals surface area (Å²) >= 11 is 1.29. The third-order valence-electron chi connectivity index (χ3n) is 2.17. The van der Waals surface area contributed by atoms with Crippen molar-refractivity contribution in [3.8, 4) is 0 Å². The molecular weight excluding hydrogens is 222 g/mol. The molecule has 0 aromatic carbocycles. The molecule has 0 saturated heterocycles. The molecule has 1 heterocycles. The predicted molar refractivity (Wildman–Crippen MR) is 66.5 cm³/mol. The van der Waals surface area contributed by atoms with Crippen molar-refractivity contribution in [3.05, 3.63) is 15.6 Å². The molecule has 3 nitrogen and oxygen atoms in total. The van der Waals surface area contributed by atoms with Crippen molar-refractivity contribution < 1.29 is 9.90 Å². The first-order chi connectivity index (χ1) is 7.03. The van der Waals surface area contributed by atoms with Crippen LogP contribution in [0.1, 0.15) is 61.9 Å². The van der Waals surface area contributed by atoms with Gasteiger partial charge in [-0.25, -0.2) is 9.78 Å². The average molecular weight is 241 g/mol. The fourth-order valence-electron chi connectivity index (χ4n) is 1.29. The highest BCUT2D eigenvalue weighted by molar-refractivity contribution is 7.13. The van der Waals surface area contributed by atoms with Crippen LogP contribution in [0.2, 0.25) is 0 Å². The van der Waals surface area contributed by atoms with E-state index in [-0.39, 0.29) is 10.8 Å². The van der Waals surface area contributed by atoms with E-state index in [4.69, 9.17) is 0 Å². The lowest BCUT2D eigenvalue weighted by Gasteiger charge is -2.17. The van der Waals surface area contributed by atoms with E-state index < -0.39 is 5.97 Å². The lowest BCUT2D eigenvalue weighted by atomic mass is 9.91. The van der Waals surface area contributed by atoms with Crippen molar-refractivity contribution in [1.29, 1.82) is 0 Å². The standard InChI is InChI=1S/C12H19NO2S/c1-11(2,3)8-7(9(14)15)16-10(13-8)12(4,5)6/h1-6H3,(H,14,15). The summed E-state index contributed by atoms with van der Waals surface area (Å²) in [5.41, 5.74) is 0.362. The molecule has 4 heteroatoms. The minimum absolute atomic E-state index is 0.0988. The second kappa shape index (κ2) is 3.84. The number of carbonyl (C=O) groups is 1. The van der Waals surface area contributed by atoms with Gasteiger partial charge >= 0.3 is 5.97 Å². The number of carboxylic acids is 1. The van der Waals surface area contributed by atoms with Crippen LogP contribution in [0.15, 0.2) is 0 Å². The van der Waals surface area contributed by atoms with Gasteiger partial charge in [0.2, 0.25) is 0 Å². The molecule has 1 rings (SSSR count). The Hall–Kier alpha value is -0.900. The van der Waals surface area contributed by atoms with Crippen LogP contribution < -0.4 is 0 Å². The van der Waals surface area contributed by atoms with Crippen LogP contribution in [0.25, 0.3) is 0 Å². The molecular formula is C12H19NO2S. The number of hydrogen-bond acceptors (Lipinski definition) is 3. The van der Waals surface area contributed by atoms with Crippen molar-refractivity contribution in [3.63, 3.8) is 0 Å². The topological polar surface area (TPSA) is 50.2 Å². The highest BCUT2D eigenvalue weighted by Gasteiger charge is 2.30. The van der Waals surface area contributed by atoms with E-state index in [0.29, 0.717) is 10.6 Å². The number of hydrogen-bond donors (Lipinski definition) is 1. The summed E-state index contributed by atoms with van der Waals surface area (Å²) in [5, 5.41) is 10.1. The molecule has 90 valence electrons. The van der Waals surface area contributed by atoms with Gasteiger partial charge in [0.1, 0.15) is 4.88 Å². The maximum atomic E-state index is 11.2. The van der Waals surface area contributed by atoms with Gasteiger partial charge in [-0.1, -0.05) is 41.5 Å². The zero-order chi connectivity index (χ0) is 12.7. The van der Waals surface area contributed by atoms with Crippen molar-refractivity contribution in [2.75, 3.05) is 0 Å². The molecule has 0 fully saturated rings. The first-order valence-electron chi connectivity index (χ1n) is 5.28. The summed E-state index contributed by atoms with van der Waals surface area (Å²) < 4.78 is 0. The quantitative estimate of drug-likeness (QED) is 0.819. The monoisotopic (exact) mass is 241 g/mol. The van der Waals surface area contributed by atoms with Gasteiger partial charge in [0.15, 0.2) is 0 Å². The van der Waals surface area contributed by atoms with E-state index in [1.165, 1.54) is 11.3 Å². The average Bonchev–Trinajstić information content (AvgIpc) is 2.44. The Morgan fingerprint density at radius 2 is 1.62 bits per heavy atom. The molecule has 0 atom stereocenters. The number of rotatable bonds is 1. The highest BCUT2D eigenvalue weighted by atomic mass is 32.1. The summed E-state index contributed by atoms with van der Waals surface area (Å²) in [6.07, 6.45) is 0. The van der Waals surface area contributed by atoms with Crippen LogP contribution in [0.3, 0.4) is 0 Å². The summed E-state index contributed by atoms with van der Waals surface area (Å²) in [5.74, 6) is -0.877. The van der Waals surface area contributed by atoms with Gasteiger partial charge in [0.05, 0.1) is 10.7 Å². The van der Waals surface area contributed by atoms with Gasteiger partial charge < -0.3 is 5.11 Å². The molecule has 0 unspecified atom stereocenters. The van der Waals surface area contributed by atoms with Crippen LogP contribution in [-0.4, -0.2) is 16.1 Å². The zero-order valence-corrected chi connectivity index (χ0v) is 11.5. The van der Waals surface area contributed by atoms with Gasteiger partial charge in [-0.05, 0) is 0 Å². The highest BCUT2D eigenvalue weighted by Crippen LogP contribution is 2.34. The molecule has 0 aliphatic rings. The minimum atomic E-state index is -0.877. The smallest absolute Gasteiger partial charge is 0.347 e. The molecule has 0 radical (unpaired) electrons. The number of nitrogens with zero attached hydrogens (tertiary/aromatic N) is 1. The predicted octanol–water partition coefficient (Wildman–Crippen LogP) is 3.44. The third kappa shape index (κ3) is 2.61. The van der Waals surface area contributed by atoms with Gasteiger partial charge in [-0.2, -0.15) is 0 Å². The van der Waals surface area contributed by atoms with Gasteiger partial charge in [0, 0.05) is 10.8 Å². The maximum Gasteiger partial charge on any atom is 0.347 e. The van der Waals surface area contributed by atoms with Crippen LogP contribution in [0, 0.1) is 0 Å². The van der Waals surface area contributed by atoms with E-state index in [1.807, 2.05) is 41.5 Å². The molecule has 1 aromatic rings. The van der Waals surface area contributed by atoms with E-state index in [2.05, 4.69) is 4.98 Å². The molecule has 0 aliphatic carbocycles. The normalized spacial score (nSPS) is 12.9. The lowest BCUT2D eigenvalue weighted by molar-refractivity contribution is 0.0699. The van der Waals surface area contributed by atoms with Crippen molar-refractivity contribution >= 4 is 17.3 Å². The van der Waals surface area contributed by atoms with Gasteiger partial charge in [-0.3, -0.25) is 0 Å². The van der Waals surface area contributed by atoms with E-state index in [1.54, 1.807) is 0 Å². The fraction of sp³-hybridized carbons (Fsp3) is 0.667. The van der Waals surface area contributed by atoms with Crippen LogP contribution in [0.5, 0.6) is 0 Å². The molecule has 0 saturated carbocycles. The Labute approximate surface area is 101 Å². The Kier molecular flexibility index (Phi) is 3.16. The molecule has 0 aliphatic heterocycles. The van der Waals surface area contributed by atoms with Crippen molar-refractivity contribution in [1.82, 2.24) is 4.98 Å². The first kappa shape index (κ1) is 13.2. The van der Waals surface area contributed by atoms with Gasteiger partial charge in [0.25, 0.3) is 0 Å². The number of carboxylic acid groups (broad SMARTS) is 1. The summed E-state index contributed by atoms with van der Waals surface area (Å²) in [6, 6.07) is 0. The number of thiazole rings is 1. The Morgan fingerprint density at radius 3 is 1.88 bits per heavy atom.